The Morgan fingerprint density at radius 3 is 1.36 bits per heavy atom. The number of nitrogens with zero attached hydrogens (tertiary/aromatic N) is 1. The minimum Gasteiger partial charge on any atom is -0.378 e. The van der Waals surface area contributed by atoms with Gasteiger partial charge in [-0.15, -0.1) is 0 Å². The summed E-state index contributed by atoms with van der Waals surface area (Å²) in [5.74, 6) is 0. The predicted octanol–water partition coefficient (Wildman–Crippen LogP) is 2.00. The van der Waals surface area contributed by atoms with Crippen LogP contribution in [0.4, 0.5) is 5.69 Å². The standard InChI is InChI=1S/C20H21NSi/c1-21(2)17-13-15-20(16-14-17)22(18-9-5-3-6-10-18)19-11-7-4-8-12-19/h3-16,22H,1-2H3. The van der Waals surface area contributed by atoms with E-state index < -0.39 is 8.80 Å². The summed E-state index contributed by atoms with van der Waals surface area (Å²) in [6.07, 6.45) is 0. The second-order valence-corrected chi connectivity index (χ2v) is 8.61. The van der Waals surface area contributed by atoms with Crippen LogP contribution in [0.1, 0.15) is 0 Å². The molecule has 0 atom stereocenters. The highest BCUT2D eigenvalue weighted by molar-refractivity contribution is 6.95. The van der Waals surface area contributed by atoms with Crippen LogP contribution < -0.4 is 20.5 Å². The highest BCUT2D eigenvalue weighted by atomic mass is 28.3. The van der Waals surface area contributed by atoms with Crippen LogP contribution in [0.2, 0.25) is 0 Å². The van der Waals surface area contributed by atoms with Gasteiger partial charge in [-0.1, -0.05) is 88.4 Å². The molecule has 3 aromatic rings. The zero-order chi connectivity index (χ0) is 15.4. The van der Waals surface area contributed by atoms with E-state index in [1.807, 2.05) is 0 Å². The number of rotatable bonds is 4. The molecule has 0 radical (unpaired) electrons. The second-order valence-electron chi connectivity index (χ2n) is 5.74. The number of hydrogen-bond donors (Lipinski definition) is 0. The Kier molecular flexibility index (Phi) is 4.40. The van der Waals surface area contributed by atoms with Gasteiger partial charge in [-0.05, 0) is 12.1 Å². The van der Waals surface area contributed by atoms with E-state index in [9.17, 15) is 0 Å². The molecule has 22 heavy (non-hydrogen) atoms. The van der Waals surface area contributed by atoms with Crippen molar-refractivity contribution in [3.63, 3.8) is 0 Å². The highest BCUT2D eigenvalue weighted by Gasteiger charge is 2.18. The molecule has 0 aliphatic heterocycles. The zero-order valence-electron chi connectivity index (χ0n) is 13.1. The summed E-state index contributed by atoms with van der Waals surface area (Å²) in [4.78, 5) is 2.14. The van der Waals surface area contributed by atoms with E-state index in [0.29, 0.717) is 0 Å². The quantitative estimate of drug-likeness (QED) is 0.526. The summed E-state index contributed by atoms with van der Waals surface area (Å²) in [6, 6.07) is 30.9. The highest BCUT2D eigenvalue weighted by Crippen LogP contribution is 2.08. The zero-order valence-corrected chi connectivity index (χ0v) is 14.3. The predicted molar refractivity (Wildman–Crippen MR) is 99.7 cm³/mol. The van der Waals surface area contributed by atoms with Gasteiger partial charge in [0.15, 0.2) is 0 Å². The molecule has 0 aliphatic rings. The molecule has 0 unspecified atom stereocenters. The molecular weight excluding hydrogens is 282 g/mol. The summed E-state index contributed by atoms with van der Waals surface area (Å²) in [6.45, 7) is 0. The molecule has 0 amide bonds. The number of hydrogen-bond acceptors (Lipinski definition) is 1. The third-order valence-electron chi connectivity index (χ3n) is 4.01. The molecule has 0 saturated heterocycles. The van der Waals surface area contributed by atoms with Crippen molar-refractivity contribution >= 4 is 30.0 Å². The van der Waals surface area contributed by atoms with Crippen molar-refractivity contribution in [1.82, 2.24) is 0 Å². The molecule has 0 spiro atoms. The van der Waals surface area contributed by atoms with Crippen molar-refractivity contribution in [3.05, 3.63) is 84.9 Å². The maximum atomic E-state index is 2.30. The Labute approximate surface area is 134 Å². The molecule has 0 aliphatic carbocycles. The molecule has 1 nitrogen and oxygen atoms in total. The van der Waals surface area contributed by atoms with Crippen LogP contribution in [0.5, 0.6) is 0 Å². The van der Waals surface area contributed by atoms with Gasteiger partial charge in [0, 0.05) is 19.8 Å². The second kappa shape index (κ2) is 6.63. The van der Waals surface area contributed by atoms with Crippen LogP contribution in [0, 0.1) is 0 Å². The van der Waals surface area contributed by atoms with Crippen molar-refractivity contribution in [2.24, 2.45) is 0 Å². The molecule has 2 heteroatoms. The van der Waals surface area contributed by atoms with Crippen LogP contribution >= 0.6 is 0 Å². The summed E-state index contributed by atoms with van der Waals surface area (Å²) in [5.41, 5.74) is 1.25. The molecule has 0 bridgehead atoms. The molecular formula is C20H21NSi. The fraction of sp³-hybridized carbons (Fsp3) is 0.100. The molecule has 3 aromatic carbocycles. The van der Waals surface area contributed by atoms with Gasteiger partial charge in [0.1, 0.15) is 8.80 Å². The molecule has 3 rings (SSSR count). The lowest BCUT2D eigenvalue weighted by atomic mass is 10.3. The van der Waals surface area contributed by atoms with Crippen molar-refractivity contribution < 1.29 is 0 Å². The lowest BCUT2D eigenvalue weighted by molar-refractivity contribution is 1.13. The van der Waals surface area contributed by atoms with Crippen LogP contribution in [0.15, 0.2) is 84.9 Å². The molecule has 110 valence electrons. The lowest BCUT2D eigenvalue weighted by Crippen LogP contribution is -2.51. The van der Waals surface area contributed by atoms with Crippen LogP contribution in [-0.2, 0) is 0 Å². The van der Waals surface area contributed by atoms with Crippen molar-refractivity contribution in [2.75, 3.05) is 19.0 Å². The monoisotopic (exact) mass is 303 g/mol. The Morgan fingerprint density at radius 1 is 0.545 bits per heavy atom. The fourth-order valence-electron chi connectivity index (χ4n) is 2.83. The van der Waals surface area contributed by atoms with Gasteiger partial charge in [-0.3, -0.25) is 0 Å². The molecule has 0 heterocycles. The SMILES string of the molecule is CN(C)c1ccc([SiH](c2ccccc2)c2ccccc2)cc1. The van der Waals surface area contributed by atoms with E-state index in [2.05, 4.69) is 104 Å². The smallest absolute Gasteiger partial charge is 0.132 e. The van der Waals surface area contributed by atoms with Gasteiger partial charge >= 0.3 is 0 Å². The first-order valence-corrected chi connectivity index (χ1v) is 9.36. The van der Waals surface area contributed by atoms with Crippen LogP contribution in [0.3, 0.4) is 0 Å². The lowest BCUT2D eigenvalue weighted by Gasteiger charge is -2.19. The van der Waals surface area contributed by atoms with E-state index in [-0.39, 0.29) is 0 Å². The van der Waals surface area contributed by atoms with Crippen molar-refractivity contribution in [2.45, 2.75) is 0 Å². The minimum atomic E-state index is -1.38. The van der Waals surface area contributed by atoms with Gasteiger partial charge in [-0.25, -0.2) is 0 Å². The molecule has 0 aromatic heterocycles. The maximum absolute atomic E-state index is 2.30. The molecule has 0 N–H and O–H groups in total. The Bertz CT molecular complexity index is 666. The summed E-state index contributed by atoms with van der Waals surface area (Å²) in [5, 5.41) is 4.39. The van der Waals surface area contributed by atoms with Crippen molar-refractivity contribution in [3.8, 4) is 0 Å². The van der Waals surface area contributed by atoms with Gasteiger partial charge in [0.25, 0.3) is 0 Å². The van der Waals surface area contributed by atoms with E-state index in [1.165, 1.54) is 21.2 Å². The number of anilines is 1. The summed E-state index contributed by atoms with van der Waals surface area (Å²) in [7, 11) is 2.78. The molecule has 0 fully saturated rings. The first kappa shape index (κ1) is 14.6. The summed E-state index contributed by atoms with van der Waals surface area (Å²) < 4.78 is 0. The largest absolute Gasteiger partial charge is 0.378 e. The Hall–Kier alpha value is -2.32. The van der Waals surface area contributed by atoms with Gasteiger partial charge in [0.05, 0.1) is 0 Å². The average molecular weight is 303 g/mol. The van der Waals surface area contributed by atoms with E-state index >= 15 is 0 Å². The topological polar surface area (TPSA) is 3.24 Å². The van der Waals surface area contributed by atoms with E-state index in [0.717, 1.165) is 0 Å². The minimum absolute atomic E-state index is 1.25. The normalized spacial score (nSPS) is 10.7. The first-order chi connectivity index (χ1) is 10.8. The first-order valence-electron chi connectivity index (χ1n) is 7.63. The fourth-order valence-corrected chi connectivity index (χ4v) is 5.78. The van der Waals surface area contributed by atoms with Gasteiger partial charge < -0.3 is 4.90 Å². The third-order valence-corrected chi connectivity index (χ3v) is 7.16. The van der Waals surface area contributed by atoms with Gasteiger partial charge in [-0.2, -0.15) is 0 Å². The molecule has 0 saturated carbocycles. The van der Waals surface area contributed by atoms with Crippen LogP contribution in [-0.4, -0.2) is 22.9 Å². The van der Waals surface area contributed by atoms with Crippen molar-refractivity contribution in [1.29, 1.82) is 0 Å². The maximum Gasteiger partial charge on any atom is 0.132 e. The van der Waals surface area contributed by atoms with E-state index in [4.69, 9.17) is 0 Å². The average Bonchev–Trinajstić information content (AvgIpc) is 2.57. The van der Waals surface area contributed by atoms with Crippen LogP contribution in [0.25, 0.3) is 0 Å². The number of benzene rings is 3. The third kappa shape index (κ3) is 3.12. The van der Waals surface area contributed by atoms with E-state index in [1.54, 1.807) is 0 Å². The Morgan fingerprint density at radius 2 is 0.955 bits per heavy atom. The van der Waals surface area contributed by atoms with Gasteiger partial charge in [0.2, 0.25) is 0 Å². The summed E-state index contributed by atoms with van der Waals surface area (Å²) >= 11 is 0. The Balaban J connectivity index is 2.06.